The van der Waals surface area contributed by atoms with Crippen LogP contribution in [0.3, 0.4) is 0 Å². The number of hydrogen-bond acceptors (Lipinski definition) is 2. The van der Waals surface area contributed by atoms with Gasteiger partial charge in [-0.15, -0.1) is 0 Å². The van der Waals surface area contributed by atoms with Gasteiger partial charge >= 0.3 is 0 Å². The highest BCUT2D eigenvalue weighted by molar-refractivity contribution is 5.33. The van der Waals surface area contributed by atoms with E-state index in [1.54, 1.807) is 6.07 Å². The molecule has 2 rings (SSSR count). The Balaban J connectivity index is 2.05. The number of ether oxygens (including phenoxy) is 1. The lowest BCUT2D eigenvalue weighted by molar-refractivity contribution is 0.0980. The van der Waals surface area contributed by atoms with E-state index in [-0.39, 0.29) is 18.5 Å². The Morgan fingerprint density at radius 2 is 2.06 bits per heavy atom. The van der Waals surface area contributed by atoms with Crippen molar-refractivity contribution in [3.63, 3.8) is 0 Å². The first-order chi connectivity index (χ1) is 8.60. The first kappa shape index (κ1) is 13.3. The average Bonchev–Trinajstić information content (AvgIpc) is 2.36. The van der Waals surface area contributed by atoms with E-state index in [4.69, 9.17) is 4.74 Å². The molecule has 1 aromatic carbocycles. The number of halogens is 1. The molecule has 1 aliphatic carbocycles. The molecule has 1 aliphatic rings. The van der Waals surface area contributed by atoms with E-state index in [1.165, 1.54) is 18.6 Å². The lowest BCUT2D eigenvalue weighted by atomic mass is 9.80. The SMILES string of the molecule is CC1CCC(Oc2ccc(F)cc2CO)CC1C. The third-order valence-corrected chi connectivity index (χ3v) is 4.04. The maximum absolute atomic E-state index is 13.1. The number of benzene rings is 1. The molecule has 0 heterocycles. The molecule has 0 spiro atoms. The lowest BCUT2D eigenvalue weighted by Gasteiger charge is -2.32. The molecule has 3 atom stereocenters. The summed E-state index contributed by atoms with van der Waals surface area (Å²) < 4.78 is 19.0. The molecule has 3 unspecified atom stereocenters. The number of aliphatic hydroxyl groups is 1. The third kappa shape index (κ3) is 3.02. The maximum atomic E-state index is 13.1. The van der Waals surface area contributed by atoms with Crippen LogP contribution in [0.25, 0.3) is 0 Å². The van der Waals surface area contributed by atoms with Crippen molar-refractivity contribution in [2.75, 3.05) is 0 Å². The zero-order valence-electron chi connectivity index (χ0n) is 11.0. The van der Waals surface area contributed by atoms with Crippen molar-refractivity contribution in [3.05, 3.63) is 29.6 Å². The van der Waals surface area contributed by atoms with Gasteiger partial charge in [0.2, 0.25) is 0 Å². The summed E-state index contributed by atoms with van der Waals surface area (Å²) in [7, 11) is 0. The van der Waals surface area contributed by atoms with Crippen molar-refractivity contribution in [2.24, 2.45) is 11.8 Å². The second kappa shape index (κ2) is 5.70. The van der Waals surface area contributed by atoms with Gasteiger partial charge in [-0.3, -0.25) is 0 Å². The van der Waals surface area contributed by atoms with Crippen LogP contribution in [0.5, 0.6) is 5.75 Å². The first-order valence-corrected chi connectivity index (χ1v) is 6.66. The van der Waals surface area contributed by atoms with E-state index in [0.717, 1.165) is 18.8 Å². The van der Waals surface area contributed by atoms with Crippen LogP contribution in [-0.2, 0) is 6.61 Å². The van der Waals surface area contributed by atoms with Gasteiger partial charge in [-0.25, -0.2) is 4.39 Å². The largest absolute Gasteiger partial charge is 0.490 e. The summed E-state index contributed by atoms with van der Waals surface area (Å²) in [6.07, 6.45) is 3.42. The molecular formula is C15H21FO2. The molecule has 3 heteroatoms. The fourth-order valence-electron chi connectivity index (χ4n) is 2.57. The summed E-state index contributed by atoms with van der Waals surface area (Å²) in [6.45, 7) is 4.33. The smallest absolute Gasteiger partial charge is 0.125 e. The van der Waals surface area contributed by atoms with E-state index in [9.17, 15) is 9.50 Å². The molecule has 2 nitrogen and oxygen atoms in total. The van der Waals surface area contributed by atoms with Crippen molar-refractivity contribution >= 4 is 0 Å². The Hall–Kier alpha value is -1.09. The van der Waals surface area contributed by atoms with Crippen molar-refractivity contribution in [1.82, 2.24) is 0 Å². The van der Waals surface area contributed by atoms with E-state index >= 15 is 0 Å². The van der Waals surface area contributed by atoms with E-state index < -0.39 is 0 Å². The molecule has 1 N–H and O–H groups in total. The highest BCUT2D eigenvalue weighted by Gasteiger charge is 2.26. The minimum Gasteiger partial charge on any atom is -0.490 e. The first-order valence-electron chi connectivity index (χ1n) is 6.66. The molecule has 0 bridgehead atoms. The number of aliphatic hydroxyl groups excluding tert-OH is 1. The van der Waals surface area contributed by atoms with Gasteiger partial charge in [-0.05, 0) is 49.3 Å². The minimum atomic E-state index is -0.336. The molecule has 1 aromatic rings. The second-order valence-electron chi connectivity index (χ2n) is 5.42. The van der Waals surface area contributed by atoms with E-state index in [2.05, 4.69) is 13.8 Å². The van der Waals surface area contributed by atoms with Gasteiger partial charge in [-0.1, -0.05) is 13.8 Å². The number of hydrogen-bond donors (Lipinski definition) is 1. The summed E-state index contributed by atoms with van der Waals surface area (Å²) in [5.74, 6) is 1.68. The Morgan fingerprint density at radius 3 is 2.72 bits per heavy atom. The predicted octanol–water partition coefficient (Wildman–Crippen LogP) is 3.52. The molecule has 18 heavy (non-hydrogen) atoms. The zero-order chi connectivity index (χ0) is 13.1. The summed E-state index contributed by atoms with van der Waals surface area (Å²) in [5.41, 5.74) is 0.529. The Kier molecular flexibility index (Phi) is 4.23. The average molecular weight is 252 g/mol. The van der Waals surface area contributed by atoms with Gasteiger partial charge in [0, 0.05) is 5.56 Å². The van der Waals surface area contributed by atoms with Crippen LogP contribution < -0.4 is 4.74 Å². The summed E-state index contributed by atoms with van der Waals surface area (Å²) >= 11 is 0. The Morgan fingerprint density at radius 1 is 1.28 bits per heavy atom. The van der Waals surface area contributed by atoms with Gasteiger partial charge in [0.25, 0.3) is 0 Å². The zero-order valence-corrected chi connectivity index (χ0v) is 11.0. The highest BCUT2D eigenvalue weighted by atomic mass is 19.1. The maximum Gasteiger partial charge on any atom is 0.125 e. The van der Waals surface area contributed by atoms with Crippen LogP contribution in [0.15, 0.2) is 18.2 Å². The molecule has 0 saturated heterocycles. The summed E-state index contributed by atoms with van der Waals surface area (Å²) in [6, 6.07) is 4.33. The number of rotatable bonds is 3. The molecule has 1 saturated carbocycles. The predicted molar refractivity (Wildman–Crippen MR) is 68.9 cm³/mol. The Labute approximate surface area is 108 Å². The fraction of sp³-hybridized carbons (Fsp3) is 0.600. The molecule has 1 fully saturated rings. The van der Waals surface area contributed by atoms with Crippen LogP contribution in [0.2, 0.25) is 0 Å². The molecule has 0 aliphatic heterocycles. The van der Waals surface area contributed by atoms with Gasteiger partial charge in [0.1, 0.15) is 11.6 Å². The lowest BCUT2D eigenvalue weighted by Crippen LogP contribution is -2.29. The van der Waals surface area contributed by atoms with Gasteiger partial charge in [0.05, 0.1) is 12.7 Å². The van der Waals surface area contributed by atoms with Crippen LogP contribution in [-0.4, -0.2) is 11.2 Å². The monoisotopic (exact) mass is 252 g/mol. The minimum absolute atomic E-state index is 0.187. The summed E-state index contributed by atoms with van der Waals surface area (Å²) in [4.78, 5) is 0. The van der Waals surface area contributed by atoms with Crippen LogP contribution in [0.4, 0.5) is 4.39 Å². The van der Waals surface area contributed by atoms with E-state index in [0.29, 0.717) is 17.2 Å². The molecule has 0 radical (unpaired) electrons. The van der Waals surface area contributed by atoms with Gasteiger partial charge in [-0.2, -0.15) is 0 Å². The van der Waals surface area contributed by atoms with Gasteiger partial charge in [0.15, 0.2) is 0 Å². The van der Waals surface area contributed by atoms with E-state index in [1.807, 2.05) is 0 Å². The van der Waals surface area contributed by atoms with Crippen molar-refractivity contribution in [3.8, 4) is 5.75 Å². The molecular weight excluding hydrogens is 231 g/mol. The second-order valence-corrected chi connectivity index (χ2v) is 5.42. The fourth-order valence-corrected chi connectivity index (χ4v) is 2.57. The third-order valence-electron chi connectivity index (χ3n) is 4.04. The molecule has 100 valence electrons. The van der Waals surface area contributed by atoms with Crippen LogP contribution in [0.1, 0.15) is 38.7 Å². The summed E-state index contributed by atoms with van der Waals surface area (Å²) in [5, 5.41) is 9.22. The van der Waals surface area contributed by atoms with Gasteiger partial charge < -0.3 is 9.84 Å². The van der Waals surface area contributed by atoms with Crippen LogP contribution in [0, 0.1) is 17.7 Å². The quantitative estimate of drug-likeness (QED) is 0.891. The molecule has 0 aromatic heterocycles. The highest BCUT2D eigenvalue weighted by Crippen LogP contribution is 2.32. The normalized spacial score (nSPS) is 28.1. The van der Waals surface area contributed by atoms with Crippen molar-refractivity contribution < 1.29 is 14.2 Å². The van der Waals surface area contributed by atoms with Crippen molar-refractivity contribution in [1.29, 1.82) is 0 Å². The molecule has 0 amide bonds. The van der Waals surface area contributed by atoms with Crippen LogP contribution >= 0.6 is 0 Å². The topological polar surface area (TPSA) is 29.5 Å². The Bertz CT molecular complexity index is 405. The standard InChI is InChI=1S/C15H21FO2/c1-10-3-5-14(7-11(10)2)18-15-6-4-13(16)8-12(15)9-17/h4,6,8,10-11,14,17H,3,5,7,9H2,1-2H3. The van der Waals surface area contributed by atoms with Crippen molar-refractivity contribution in [2.45, 2.75) is 45.8 Å².